The molecule has 0 unspecified atom stereocenters. The van der Waals surface area contributed by atoms with Crippen LogP contribution in [0.25, 0.3) is 0 Å². The van der Waals surface area contributed by atoms with Gasteiger partial charge in [-0.2, -0.15) is 9.40 Å². The Balaban J connectivity index is 1.44. The fraction of sp³-hybridized carbons (Fsp3) is 0.250. The smallest absolute Gasteiger partial charge is 0.255 e. The fourth-order valence-corrected chi connectivity index (χ4v) is 5.97. The van der Waals surface area contributed by atoms with Crippen LogP contribution in [0.5, 0.6) is 0 Å². The van der Waals surface area contributed by atoms with Gasteiger partial charge in [-0.1, -0.05) is 35.5 Å². The Morgan fingerprint density at radius 1 is 1.16 bits per heavy atom. The summed E-state index contributed by atoms with van der Waals surface area (Å²) in [5, 5.41) is 10.2. The molecule has 8 nitrogen and oxygen atoms in total. The van der Waals surface area contributed by atoms with Gasteiger partial charge in [-0.25, -0.2) is 13.4 Å². The molecule has 1 aliphatic rings. The van der Waals surface area contributed by atoms with E-state index in [1.807, 2.05) is 12.1 Å². The Hall–Kier alpha value is -2.40. The second-order valence-electron chi connectivity index (χ2n) is 6.99. The first-order valence-electron chi connectivity index (χ1n) is 9.61. The van der Waals surface area contributed by atoms with E-state index in [2.05, 4.69) is 20.5 Å². The van der Waals surface area contributed by atoms with Gasteiger partial charge in [0.05, 0.1) is 5.02 Å². The van der Waals surface area contributed by atoms with E-state index in [4.69, 9.17) is 11.6 Å². The summed E-state index contributed by atoms with van der Waals surface area (Å²) >= 11 is 7.68. The summed E-state index contributed by atoms with van der Waals surface area (Å²) in [4.78, 5) is 16.7. The summed E-state index contributed by atoms with van der Waals surface area (Å²) < 4.78 is 27.2. The zero-order valence-corrected chi connectivity index (χ0v) is 18.8. The molecule has 31 heavy (non-hydrogen) atoms. The first-order valence-corrected chi connectivity index (χ1v) is 12.4. The van der Waals surface area contributed by atoms with Gasteiger partial charge in [0.15, 0.2) is 5.16 Å². The van der Waals surface area contributed by atoms with Crippen molar-refractivity contribution in [2.45, 2.75) is 28.6 Å². The van der Waals surface area contributed by atoms with Crippen LogP contribution < -0.4 is 5.32 Å². The number of anilines is 1. The lowest BCUT2D eigenvalue weighted by molar-refractivity contribution is 0.102. The van der Waals surface area contributed by atoms with Gasteiger partial charge in [0.2, 0.25) is 10.0 Å². The molecule has 1 amide bonds. The molecule has 0 atom stereocenters. The number of rotatable bonds is 7. The second kappa shape index (κ2) is 9.39. The minimum absolute atomic E-state index is 0.00801. The number of halogens is 1. The molecule has 1 saturated heterocycles. The minimum atomic E-state index is -3.69. The highest BCUT2D eigenvalue weighted by Crippen LogP contribution is 2.30. The zero-order chi connectivity index (χ0) is 21.8. The number of aromatic amines is 1. The number of hydrogen-bond acceptors (Lipinski definition) is 6. The molecule has 2 aromatic carbocycles. The van der Waals surface area contributed by atoms with E-state index < -0.39 is 10.0 Å². The normalized spacial score (nSPS) is 14.6. The molecule has 0 spiro atoms. The van der Waals surface area contributed by atoms with Crippen molar-refractivity contribution in [1.82, 2.24) is 19.5 Å². The monoisotopic (exact) mass is 477 g/mol. The largest absolute Gasteiger partial charge is 0.322 e. The number of H-pyrrole nitrogens is 1. The molecular formula is C20H20ClN5O3S2. The summed E-state index contributed by atoms with van der Waals surface area (Å²) in [7, 11) is -3.69. The number of nitrogens with zero attached hydrogens (tertiary/aromatic N) is 3. The molecule has 3 aromatic rings. The zero-order valence-electron chi connectivity index (χ0n) is 16.4. The van der Waals surface area contributed by atoms with E-state index in [1.165, 1.54) is 34.5 Å². The van der Waals surface area contributed by atoms with Gasteiger partial charge in [-0.15, -0.1) is 0 Å². The maximum absolute atomic E-state index is 12.9. The predicted molar refractivity (Wildman–Crippen MR) is 120 cm³/mol. The summed E-state index contributed by atoms with van der Waals surface area (Å²) in [5.74, 6) is 0.354. The van der Waals surface area contributed by atoms with E-state index in [0.717, 1.165) is 23.6 Å². The van der Waals surface area contributed by atoms with Crippen molar-refractivity contribution in [3.63, 3.8) is 0 Å². The minimum Gasteiger partial charge on any atom is -0.322 e. The standard InChI is InChI=1S/C20H20ClN5O3S2/c21-17-8-7-16(11-18(17)31(28,29)26-9-1-2-10-26)24-19(27)15-5-3-14(4-6-15)12-30-20-22-13-23-25-20/h3-8,11,13H,1-2,9-10,12H2,(H,24,27)(H,22,23,25). The van der Waals surface area contributed by atoms with Crippen LogP contribution in [0.2, 0.25) is 5.02 Å². The van der Waals surface area contributed by atoms with Gasteiger partial charge in [0, 0.05) is 30.1 Å². The average Bonchev–Trinajstić information content (AvgIpc) is 3.48. The van der Waals surface area contributed by atoms with Crippen LogP contribution in [-0.2, 0) is 15.8 Å². The Kier molecular flexibility index (Phi) is 6.61. The molecule has 162 valence electrons. The van der Waals surface area contributed by atoms with E-state index in [9.17, 15) is 13.2 Å². The molecule has 0 saturated carbocycles. The molecular weight excluding hydrogens is 458 g/mol. The van der Waals surface area contributed by atoms with Crippen molar-refractivity contribution in [2.75, 3.05) is 18.4 Å². The Morgan fingerprint density at radius 2 is 1.90 bits per heavy atom. The predicted octanol–water partition coefficient (Wildman–Crippen LogP) is 3.79. The van der Waals surface area contributed by atoms with Crippen LogP contribution in [0.1, 0.15) is 28.8 Å². The van der Waals surface area contributed by atoms with E-state index in [1.54, 1.807) is 18.2 Å². The van der Waals surface area contributed by atoms with Crippen LogP contribution >= 0.6 is 23.4 Å². The Morgan fingerprint density at radius 3 is 2.58 bits per heavy atom. The molecule has 1 fully saturated rings. The highest BCUT2D eigenvalue weighted by atomic mass is 35.5. The number of aromatic nitrogens is 3. The van der Waals surface area contributed by atoms with Gasteiger partial charge in [0.25, 0.3) is 5.91 Å². The molecule has 2 heterocycles. The van der Waals surface area contributed by atoms with E-state index >= 15 is 0 Å². The van der Waals surface area contributed by atoms with E-state index in [-0.39, 0.29) is 15.8 Å². The first kappa shape index (κ1) is 21.8. The van der Waals surface area contributed by atoms with Gasteiger partial charge >= 0.3 is 0 Å². The first-order chi connectivity index (χ1) is 14.9. The number of carbonyl (C=O) groups is 1. The quantitative estimate of drug-likeness (QED) is 0.501. The van der Waals surface area contributed by atoms with Gasteiger partial charge in [-0.05, 0) is 48.7 Å². The number of hydrogen-bond donors (Lipinski definition) is 2. The van der Waals surface area contributed by atoms with Crippen LogP contribution in [-0.4, -0.2) is 46.9 Å². The topological polar surface area (TPSA) is 108 Å². The average molecular weight is 478 g/mol. The van der Waals surface area contributed by atoms with Crippen molar-refractivity contribution >= 4 is 45.0 Å². The lowest BCUT2D eigenvalue weighted by atomic mass is 10.1. The van der Waals surface area contributed by atoms with Crippen molar-refractivity contribution < 1.29 is 13.2 Å². The van der Waals surface area contributed by atoms with Gasteiger partial charge in [0.1, 0.15) is 11.2 Å². The maximum Gasteiger partial charge on any atom is 0.255 e. The number of thioether (sulfide) groups is 1. The van der Waals surface area contributed by atoms with Crippen molar-refractivity contribution in [2.24, 2.45) is 0 Å². The summed E-state index contributed by atoms with van der Waals surface area (Å²) in [6.07, 6.45) is 3.12. The Bertz CT molecular complexity index is 1160. The van der Waals surface area contributed by atoms with Crippen molar-refractivity contribution in [3.05, 3.63) is 64.9 Å². The molecule has 1 aliphatic heterocycles. The number of benzene rings is 2. The van der Waals surface area contributed by atoms with Crippen molar-refractivity contribution in [3.8, 4) is 0 Å². The van der Waals surface area contributed by atoms with Crippen LogP contribution in [0.15, 0.2) is 58.8 Å². The second-order valence-corrected chi connectivity index (χ2v) is 10.3. The van der Waals surface area contributed by atoms with Crippen LogP contribution in [0.3, 0.4) is 0 Å². The maximum atomic E-state index is 12.9. The summed E-state index contributed by atoms with van der Waals surface area (Å²) in [5.41, 5.74) is 1.87. The van der Waals surface area contributed by atoms with Gasteiger partial charge in [-0.3, -0.25) is 9.89 Å². The van der Waals surface area contributed by atoms with Crippen LogP contribution in [0, 0.1) is 0 Å². The van der Waals surface area contributed by atoms with Crippen molar-refractivity contribution in [1.29, 1.82) is 0 Å². The van der Waals surface area contributed by atoms with Gasteiger partial charge < -0.3 is 5.32 Å². The fourth-order valence-electron chi connectivity index (χ4n) is 3.22. The highest BCUT2D eigenvalue weighted by molar-refractivity contribution is 7.98. The Labute approximate surface area is 189 Å². The number of sulfonamides is 1. The molecule has 11 heteroatoms. The molecule has 0 radical (unpaired) electrons. The molecule has 4 rings (SSSR count). The van der Waals surface area contributed by atoms with E-state index in [0.29, 0.717) is 30.1 Å². The number of amides is 1. The molecule has 2 N–H and O–H groups in total. The number of carbonyl (C=O) groups excluding carboxylic acids is 1. The summed E-state index contributed by atoms with van der Waals surface area (Å²) in [6, 6.07) is 11.7. The SMILES string of the molecule is O=C(Nc1ccc(Cl)c(S(=O)(=O)N2CCCC2)c1)c1ccc(CSc2ncn[nH]2)cc1. The highest BCUT2D eigenvalue weighted by Gasteiger charge is 2.29. The third-order valence-electron chi connectivity index (χ3n) is 4.86. The molecule has 0 aliphatic carbocycles. The molecule has 0 bridgehead atoms. The third-order valence-corrected chi connectivity index (χ3v) is 8.18. The van der Waals surface area contributed by atoms with Crippen LogP contribution in [0.4, 0.5) is 5.69 Å². The summed E-state index contributed by atoms with van der Waals surface area (Å²) in [6.45, 7) is 0.965. The lowest BCUT2D eigenvalue weighted by Gasteiger charge is -2.17. The lowest BCUT2D eigenvalue weighted by Crippen LogP contribution is -2.28. The third kappa shape index (κ3) is 5.09. The number of nitrogens with one attached hydrogen (secondary N) is 2. The molecule has 1 aromatic heterocycles.